The minimum atomic E-state index is 0.966. The SMILES string of the molecule is C(=C\c1ccccc1)/CCNc1ccccc1. The first-order valence-electron chi connectivity index (χ1n) is 5.96. The summed E-state index contributed by atoms with van der Waals surface area (Å²) in [6.07, 6.45) is 5.39. The largest absolute Gasteiger partial charge is 0.385 e. The van der Waals surface area contributed by atoms with Gasteiger partial charge in [0.05, 0.1) is 0 Å². The van der Waals surface area contributed by atoms with Crippen molar-refractivity contribution < 1.29 is 0 Å². The maximum absolute atomic E-state index is 3.38. The molecule has 1 nitrogen and oxygen atoms in total. The van der Waals surface area contributed by atoms with Crippen LogP contribution in [0.15, 0.2) is 66.7 Å². The zero-order chi connectivity index (χ0) is 11.8. The molecule has 0 aliphatic heterocycles. The second-order valence-electron chi connectivity index (χ2n) is 3.89. The molecule has 0 amide bonds. The molecular formula is C16H17N. The lowest BCUT2D eigenvalue weighted by atomic mass is 10.2. The first kappa shape index (κ1) is 11.5. The van der Waals surface area contributed by atoms with Gasteiger partial charge in [0.1, 0.15) is 0 Å². The molecule has 0 saturated heterocycles. The number of benzene rings is 2. The van der Waals surface area contributed by atoms with E-state index in [2.05, 4.69) is 53.9 Å². The molecular weight excluding hydrogens is 206 g/mol. The third-order valence-electron chi connectivity index (χ3n) is 2.52. The Bertz CT molecular complexity index is 445. The van der Waals surface area contributed by atoms with Gasteiger partial charge in [-0.3, -0.25) is 0 Å². The predicted molar refractivity (Wildman–Crippen MR) is 75.0 cm³/mol. The summed E-state index contributed by atoms with van der Waals surface area (Å²) in [5, 5.41) is 3.38. The fourth-order valence-corrected chi connectivity index (χ4v) is 1.64. The molecule has 0 heterocycles. The Hall–Kier alpha value is -2.02. The van der Waals surface area contributed by atoms with E-state index in [9.17, 15) is 0 Å². The van der Waals surface area contributed by atoms with Crippen LogP contribution < -0.4 is 5.32 Å². The van der Waals surface area contributed by atoms with Gasteiger partial charge in [0.2, 0.25) is 0 Å². The molecule has 86 valence electrons. The lowest BCUT2D eigenvalue weighted by Crippen LogP contribution is -1.99. The highest BCUT2D eigenvalue weighted by Crippen LogP contribution is 2.05. The third-order valence-corrected chi connectivity index (χ3v) is 2.52. The predicted octanol–water partition coefficient (Wildman–Crippen LogP) is 4.20. The number of nitrogens with one attached hydrogen (secondary N) is 1. The Morgan fingerprint density at radius 2 is 1.47 bits per heavy atom. The van der Waals surface area contributed by atoms with Crippen molar-refractivity contribution in [1.29, 1.82) is 0 Å². The van der Waals surface area contributed by atoms with Gasteiger partial charge in [-0.05, 0) is 24.1 Å². The van der Waals surface area contributed by atoms with E-state index in [-0.39, 0.29) is 0 Å². The van der Waals surface area contributed by atoms with Crippen molar-refractivity contribution in [2.45, 2.75) is 6.42 Å². The van der Waals surface area contributed by atoms with Gasteiger partial charge in [-0.2, -0.15) is 0 Å². The van der Waals surface area contributed by atoms with Gasteiger partial charge in [0, 0.05) is 12.2 Å². The molecule has 0 bridgehead atoms. The van der Waals surface area contributed by atoms with Crippen molar-refractivity contribution in [3.63, 3.8) is 0 Å². The minimum absolute atomic E-state index is 0.966. The molecule has 2 aromatic carbocycles. The van der Waals surface area contributed by atoms with Crippen LogP contribution in [-0.4, -0.2) is 6.54 Å². The third kappa shape index (κ3) is 4.15. The molecule has 0 saturated carbocycles. The lowest BCUT2D eigenvalue weighted by molar-refractivity contribution is 1.07. The van der Waals surface area contributed by atoms with Crippen LogP contribution in [0.1, 0.15) is 12.0 Å². The van der Waals surface area contributed by atoms with Crippen LogP contribution in [-0.2, 0) is 0 Å². The quantitative estimate of drug-likeness (QED) is 0.749. The smallest absolute Gasteiger partial charge is 0.0340 e. The molecule has 0 spiro atoms. The highest BCUT2D eigenvalue weighted by molar-refractivity contribution is 5.49. The van der Waals surface area contributed by atoms with E-state index in [4.69, 9.17) is 0 Å². The first-order chi connectivity index (χ1) is 8.45. The second-order valence-corrected chi connectivity index (χ2v) is 3.89. The average molecular weight is 223 g/mol. The molecule has 0 aliphatic carbocycles. The number of anilines is 1. The Labute approximate surface area is 103 Å². The van der Waals surface area contributed by atoms with Gasteiger partial charge in [0.25, 0.3) is 0 Å². The molecule has 17 heavy (non-hydrogen) atoms. The Morgan fingerprint density at radius 3 is 2.18 bits per heavy atom. The fourth-order valence-electron chi connectivity index (χ4n) is 1.64. The Kier molecular flexibility index (Phi) is 4.41. The highest BCUT2D eigenvalue weighted by atomic mass is 14.9. The van der Waals surface area contributed by atoms with Crippen molar-refractivity contribution in [2.24, 2.45) is 0 Å². The maximum Gasteiger partial charge on any atom is 0.0340 e. The molecule has 0 aromatic heterocycles. The van der Waals surface area contributed by atoms with E-state index in [1.165, 1.54) is 11.3 Å². The van der Waals surface area contributed by atoms with Crippen molar-refractivity contribution in [2.75, 3.05) is 11.9 Å². The Balaban J connectivity index is 1.72. The van der Waals surface area contributed by atoms with Gasteiger partial charge in [0.15, 0.2) is 0 Å². The summed E-state index contributed by atoms with van der Waals surface area (Å²) >= 11 is 0. The summed E-state index contributed by atoms with van der Waals surface area (Å²) in [5.74, 6) is 0. The van der Waals surface area contributed by atoms with E-state index >= 15 is 0 Å². The normalized spacial score (nSPS) is 10.6. The second kappa shape index (κ2) is 6.54. The lowest BCUT2D eigenvalue weighted by Gasteiger charge is -2.03. The van der Waals surface area contributed by atoms with Crippen molar-refractivity contribution in [3.05, 3.63) is 72.3 Å². The van der Waals surface area contributed by atoms with Crippen LogP contribution in [0.3, 0.4) is 0 Å². The number of para-hydroxylation sites is 1. The van der Waals surface area contributed by atoms with Crippen molar-refractivity contribution in [3.8, 4) is 0 Å². The molecule has 1 N–H and O–H groups in total. The summed E-state index contributed by atoms with van der Waals surface area (Å²) in [7, 11) is 0. The summed E-state index contributed by atoms with van der Waals surface area (Å²) in [6, 6.07) is 20.7. The maximum atomic E-state index is 3.38. The zero-order valence-electron chi connectivity index (χ0n) is 9.84. The van der Waals surface area contributed by atoms with Crippen LogP contribution in [0, 0.1) is 0 Å². The highest BCUT2D eigenvalue weighted by Gasteiger charge is 1.87. The minimum Gasteiger partial charge on any atom is -0.385 e. The van der Waals surface area contributed by atoms with E-state index in [1.54, 1.807) is 0 Å². The van der Waals surface area contributed by atoms with Crippen molar-refractivity contribution >= 4 is 11.8 Å². The summed E-state index contributed by atoms with van der Waals surface area (Å²) in [4.78, 5) is 0. The van der Waals surface area contributed by atoms with Crippen LogP contribution >= 0.6 is 0 Å². The van der Waals surface area contributed by atoms with Gasteiger partial charge < -0.3 is 5.32 Å². The number of rotatable bonds is 5. The van der Waals surface area contributed by atoms with Crippen molar-refractivity contribution in [1.82, 2.24) is 0 Å². The molecule has 2 rings (SSSR count). The molecule has 2 aromatic rings. The standard InChI is InChI=1S/C16H17N/c1-3-9-15(10-4-1)11-7-8-14-17-16-12-5-2-6-13-16/h1-7,9-13,17H,8,14H2/b11-7+. The van der Waals surface area contributed by atoms with E-state index in [1.807, 2.05) is 24.3 Å². The number of hydrogen-bond acceptors (Lipinski definition) is 1. The molecule has 0 aliphatic rings. The summed E-state index contributed by atoms with van der Waals surface area (Å²) in [5.41, 5.74) is 2.44. The van der Waals surface area contributed by atoms with Gasteiger partial charge in [-0.15, -0.1) is 0 Å². The monoisotopic (exact) mass is 223 g/mol. The fraction of sp³-hybridized carbons (Fsp3) is 0.125. The van der Waals surface area contributed by atoms with E-state index < -0.39 is 0 Å². The van der Waals surface area contributed by atoms with Crippen LogP contribution in [0.25, 0.3) is 6.08 Å². The van der Waals surface area contributed by atoms with Gasteiger partial charge in [-0.25, -0.2) is 0 Å². The van der Waals surface area contributed by atoms with E-state index in [0.717, 1.165) is 13.0 Å². The van der Waals surface area contributed by atoms with Gasteiger partial charge in [-0.1, -0.05) is 60.7 Å². The topological polar surface area (TPSA) is 12.0 Å². The van der Waals surface area contributed by atoms with Crippen LogP contribution in [0.2, 0.25) is 0 Å². The first-order valence-corrected chi connectivity index (χ1v) is 5.96. The summed E-state index contributed by atoms with van der Waals surface area (Å²) < 4.78 is 0. The molecule has 0 fully saturated rings. The van der Waals surface area contributed by atoms with E-state index in [0.29, 0.717) is 0 Å². The zero-order valence-corrected chi connectivity index (χ0v) is 9.84. The Morgan fingerprint density at radius 1 is 0.824 bits per heavy atom. The van der Waals surface area contributed by atoms with Crippen LogP contribution in [0.5, 0.6) is 0 Å². The average Bonchev–Trinajstić information content (AvgIpc) is 2.41. The molecule has 0 unspecified atom stereocenters. The molecule has 1 heteroatoms. The number of hydrogen-bond donors (Lipinski definition) is 1. The van der Waals surface area contributed by atoms with Gasteiger partial charge >= 0.3 is 0 Å². The molecule has 0 atom stereocenters. The summed E-state index contributed by atoms with van der Waals surface area (Å²) in [6.45, 7) is 0.966. The van der Waals surface area contributed by atoms with Crippen LogP contribution in [0.4, 0.5) is 5.69 Å². The molecule has 0 radical (unpaired) electrons.